The molecule has 0 aromatic carbocycles. The summed E-state index contributed by atoms with van der Waals surface area (Å²) in [5.74, 6) is 3.50. The number of nitrogens with one attached hydrogen (secondary N) is 1. The molecule has 0 amide bonds. The number of aryl methyl sites for hydroxylation is 1. The van der Waals surface area contributed by atoms with Gasteiger partial charge >= 0.3 is 0 Å². The van der Waals surface area contributed by atoms with Crippen LogP contribution in [0.25, 0.3) is 0 Å². The molecule has 2 fully saturated rings. The fourth-order valence-corrected chi connectivity index (χ4v) is 2.71. The lowest BCUT2D eigenvalue weighted by molar-refractivity contribution is 0.564. The third kappa shape index (κ3) is 2.46. The van der Waals surface area contributed by atoms with Gasteiger partial charge in [-0.25, -0.2) is 9.97 Å². The van der Waals surface area contributed by atoms with Crippen LogP contribution in [0, 0.1) is 18.8 Å². The smallest absolute Gasteiger partial charge is 0.137 e. The van der Waals surface area contributed by atoms with Gasteiger partial charge in [0, 0.05) is 18.0 Å². The van der Waals surface area contributed by atoms with Gasteiger partial charge in [-0.05, 0) is 44.4 Å². The van der Waals surface area contributed by atoms with Crippen LogP contribution >= 0.6 is 11.6 Å². The highest BCUT2D eigenvalue weighted by molar-refractivity contribution is 6.30. The summed E-state index contributed by atoms with van der Waals surface area (Å²) in [4.78, 5) is 8.90. The van der Waals surface area contributed by atoms with E-state index < -0.39 is 0 Å². The van der Waals surface area contributed by atoms with Crippen LogP contribution in [0.5, 0.6) is 0 Å². The molecule has 0 aliphatic heterocycles. The number of aromatic nitrogens is 2. The normalized spacial score (nSPS) is 19.3. The monoisotopic (exact) mass is 265 g/mol. The molecule has 18 heavy (non-hydrogen) atoms. The minimum absolute atomic E-state index is 0.592. The molecule has 0 radical (unpaired) electrons. The van der Waals surface area contributed by atoms with Crippen molar-refractivity contribution in [3.8, 4) is 0 Å². The predicted octanol–water partition coefficient (Wildman–Crippen LogP) is 3.60. The number of rotatable bonds is 5. The molecule has 0 spiro atoms. The molecule has 4 heteroatoms. The standard InChI is InChI=1S/C14H20ClN3/c1-3-11-16-13(15)8(2)14(17-11)18-12(9-4-5-9)10-6-7-10/h9-10,12H,3-7H2,1-2H3,(H,16,17,18). The Balaban J connectivity index is 1.83. The molecular formula is C14H20ClN3. The Hall–Kier alpha value is -0.830. The zero-order valence-corrected chi connectivity index (χ0v) is 11.8. The maximum absolute atomic E-state index is 6.18. The van der Waals surface area contributed by atoms with Crippen molar-refractivity contribution in [2.75, 3.05) is 5.32 Å². The van der Waals surface area contributed by atoms with Gasteiger partial charge in [-0.1, -0.05) is 18.5 Å². The SMILES string of the molecule is CCc1nc(Cl)c(C)c(NC(C2CC2)C2CC2)n1. The van der Waals surface area contributed by atoms with Crippen molar-refractivity contribution in [3.05, 3.63) is 16.5 Å². The topological polar surface area (TPSA) is 37.8 Å². The molecule has 1 aromatic rings. The fourth-order valence-electron chi connectivity index (χ4n) is 2.52. The Morgan fingerprint density at radius 1 is 1.22 bits per heavy atom. The van der Waals surface area contributed by atoms with Crippen molar-refractivity contribution in [2.24, 2.45) is 11.8 Å². The van der Waals surface area contributed by atoms with Gasteiger partial charge in [0.15, 0.2) is 0 Å². The summed E-state index contributed by atoms with van der Waals surface area (Å²) < 4.78 is 0. The van der Waals surface area contributed by atoms with Gasteiger partial charge in [0.05, 0.1) is 0 Å². The van der Waals surface area contributed by atoms with Crippen LogP contribution in [-0.2, 0) is 6.42 Å². The molecule has 2 aliphatic carbocycles. The van der Waals surface area contributed by atoms with E-state index >= 15 is 0 Å². The van der Waals surface area contributed by atoms with Gasteiger partial charge < -0.3 is 5.32 Å². The summed E-state index contributed by atoms with van der Waals surface area (Å²) in [5.41, 5.74) is 0.986. The number of hydrogen-bond acceptors (Lipinski definition) is 3. The molecule has 1 N–H and O–H groups in total. The molecule has 0 saturated heterocycles. The van der Waals surface area contributed by atoms with Crippen molar-refractivity contribution < 1.29 is 0 Å². The second kappa shape index (κ2) is 4.69. The van der Waals surface area contributed by atoms with Gasteiger partial charge in [0.25, 0.3) is 0 Å². The average Bonchev–Trinajstić information content (AvgIpc) is 3.23. The van der Waals surface area contributed by atoms with Crippen molar-refractivity contribution in [2.45, 2.75) is 52.0 Å². The van der Waals surface area contributed by atoms with Crippen molar-refractivity contribution in [3.63, 3.8) is 0 Å². The summed E-state index contributed by atoms with van der Waals surface area (Å²) in [6.07, 6.45) is 6.30. The molecule has 2 aliphatic rings. The van der Waals surface area contributed by atoms with Crippen molar-refractivity contribution in [1.82, 2.24) is 9.97 Å². The van der Waals surface area contributed by atoms with Crippen molar-refractivity contribution >= 4 is 17.4 Å². The van der Waals surface area contributed by atoms with E-state index in [-0.39, 0.29) is 0 Å². The quantitative estimate of drug-likeness (QED) is 0.827. The zero-order valence-electron chi connectivity index (χ0n) is 11.0. The Morgan fingerprint density at radius 3 is 2.33 bits per heavy atom. The molecule has 3 rings (SSSR count). The van der Waals surface area contributed by atoms with E-state index in [1.54, 1.807) is 0 Å². The summed E-state index contributed by atoms with van der Waals surface area (Å²) in [7, 11) is 0. The van der Waals surface area contributed by atoms with Crippen LogP contribution in [0.4, 0.5) is 5.82 Å². The van der Waals surface area contributed by atoms with Crippen LogP contribution in [0.2, 0.25) is 5.15 Å². The molecule has 0 unspecified atom stereocenters. The van der Waals surface area contributed by atoms with Crippen molar-refractivity contribution in [1.29, 1.82) is 0 Å². The molecule has 98 valence electrons. The number of nitrogens with zero attached hydrogens (tertiary/aromatic N) is 2. The Labute approximate surface area is 113 Å². The number of anilines is 1. The first-order valence-corrected chi connectivity index (χ1v) is 7.36. The lowest BCUT2D eigenvalue weighted by atomic mass is 10.1. The Morgan fingerprint density at radius 2 is 1.83 bits per heavy atom. The van der Waals surface area contributed by atoms with Gasteiger partial charge in [-0.15, -0.1) is 0 Å². The second-order valence-electron chi connectivity index (χ2n) is 5.60. The van der Waals surface area contributed by atoms with Crippen LogP contribution in [0.1, 0.15) is 44.0 Å². The maximum Gasteiger partial charge on any atom is 0.137 e. The largest absolute Gasteiger partial charge is 0.366 e. The fraction of sp³-hybridized carbons (Fsp3) is 0.714. The van der Waals surface area contributed by atoms with E-state index in [9.17, 15) is 0 Å². The minimum atomic E-state index is 0.592. The lowest BCUT2D eigenvalue weighted by Crippen LogP contribution is -2.25. The summed E-state index contributed by atoms with van der Waals surface area (Å²) >= 11 is 6.18. The summed E-state index contributed by atoms with van der Waals surface area (Å²) in [6, 6.07) is 0.611. The molecule has 1 aromatic heterocycles. The van der Waals surface area contributed by atoms with Crippen LogP contribution in [0.15, 0.2) is 0 Å². The van der Waals surface area contributed by atoms with Gasteiger partial charge in [-0.2, -0.15) is 0 Å². The molecule has 0 atom stereocenters. The average molecular weight is 266 g/mol. The van der Waals surface area contributed by atoms with E-state index in [2.05, 4.69) is 22.2 Å². The zero-order chi connectivity index (χ0) is 12.7. The molecule has 2 saturated carbocycles. The van der Waals surface area contributed by atoms with Crippen LogP contribution < -0.4 is 5.32 Å². The van der Waals surface area contributed by atoms with Gasteiger partial charge in [0.1, 0.15) is 16.8 Å². The first-order chi connectivity index (χ1) is 8.69. The lowest BCUT2D eigenvalue weighted by Gasteiger charge is -2.20. The summed E-state index contributed by atoms with van der Waals surface area (Å²) in [6.45, 7) is 4.06. The van der Waals surface area contributed by atoms with Crippen LogP contribution in [-0.4, -0.2) is 16.0 Å². The highest BCUT2D eigenvalue weighted by Gasteiger charge is 2.41. The third-order valence-electron chi connectivity index (χ3n) is 4.01. The number of hydrogen-bond donors (Lipinski definition) is 1. The molecule has 3 nitrogen and oxygen atoms in total. The summed E-state index contributed by atoms with van der Waals surface area (Å²) in [5, 5.41) is 4.24. The third-order valence-corrected chi connectivity index (χ3v) is 4.38. The van der Waals surface area contributed by atoms with E-state index in [0.717, 1.165) is 35.5 Å². The Kier molecular flexibility index (Phi) is 3.18. The van der Waals surface area contributed by atoms with E-state index in [4.69, 9.17) is 11.6 Å². The minimum Gasteiger partial charge on any atom is -0.366 e. The molecular weight excluding hydrogens is 246 g/mol. The second-order valence-corrected chi connectivity index (χ2v) is 5.96. The Bertz CT molecular complexity index is 441. The highest BCUT2D eigenvalue weighted by Crippen LogP contribution is 2.46. The predicted molar refractivity (Wildman–Crippen MR) is 74.0 cm³/mol. The van der Waals surface area contributed by atoms with Crippen LogP contribution in [0.3, 0.4) is 0 Å². The van der Waals surface area contributed by atoms with E-state index in [1.165, 1.54) is 25.7 Å². The van der Waals surface area contributed by atoms with Gasteiger partial charge in [-0.3, -0.25) is 0 Å². The first-order valence-electron chi connectivity index (χ1n) is 6.98. The first kappa shape index (κ1) is 12.2. The van der Waals surface area contributed by atoms with Gasteiger partial charge in [0.2, 0.25) is 0 Å². The van der Waals surface area contributed by atoms with E-state index in [0.29, 0.717) is 11.2 Å². The highest BCUT2D eigenvalue weighted by atomic mass is 35.5. The van der Waals surface area contributed by atoms with E-state index in [1.807, 2.05) is 6.92 Å². The molecule has 0 bridgehead atoms. The number of halogens is 1. The maximum atomic E-state index is 6.18. The molecule has 1 heterocycles.